The summed E-state index contributed by atoms with van der Waals surface area (Å²) in [5.74, 6) is 0.844. The van der Waals surface area contributed by atoms with Gasteiger partial charge in [-0.3, -0.25) is 9.52 Å². The third-order valence-corrected chi connectivity index (χ3v) is 7.35. The molecule has 0 radical (unpaired) electrons. The Balaban J connectivity index is 1.58. The number of rotatable bonds is 11. The van der Waals surface area contributed by atoms with Gasteiger partial charge in [0, 0.05) is 10.6 Å². The summed E-state index contributed by atoms with van der Waals surface area (Å²) in [4.78, 5) is 13.6. The van der Waals surface area contributed by atoms with Gasteiger partial charge in [0.15, 0.2) is 6.61 Å². The molecule has 0 aliphatic carbocycles. The van der Waals surface area contributed by atoms with Crippen LogP contribution in [0.2, 0.25) is 0 Å². The van der Waals surface area contributed by atoms with Crippen LogP contribution in [0.15, 0.2) is 76.5 Å². The highest BCUT2D eigenvalue weighted by Crippen LogP contribution is 2.25. The lowest BCUT2D eigenvalue weighted by Crippen LogP contribution is -2.31. The molecule has 0 spiro atoms. The molecule has 0 saturated heterocycles. The highest BCUT2D eigenvalue weighted by molar-refractivity contribution is 7.98. The summed E-state index contributed by atoms with van der Waals surface area (Å²) in [5.41, 5.74) is 2.04. The minimum absolute atomic E-state index is 0.1000. The summed E-state index contributed by atoms with van der Waals surface area (Å²) in [6, 6.07) is 19.1. The maximum Gasteiger partial charge on any atom is 0.261 e. The van der Waals surface area contributed by atoms with Crippen LogP contribution in [0, 0.1) is 6.92 Å². The fourth-order valence-electron chi connectivity index (χ4n) is 3.35. The van der Waals surface area contributed by atoms with Crippen LogP contribution in [-0.4, -0.2) is 33.8 Å². The van der Waals surface area contributed by atoms with Crippen LogP contribution < -0.4 is 19.5 Å². The van der Waals surface area contributed by atoms with Gasteiger partial charge in [-0.25, -0.2) is 8.42 Å². The number of thioether (sulfide) groups is 1. The molecule has 0 bridgehead atoms. The van der Waals surface area contributed by atoms with Crippen LogP contribution >= 0.6 is 11.8 Å². The van der Waals surface area contributed by atoms with E-state index in [0.717, 1.165) is 10.5 Å². The van der Waals surface area contributed by atoms with E-state index in [-0.39, 0.29) is 23.5 Å². The number of nitrogens with one attached hydrogen (secondary N) is 2. The van der Waals surface area contributed by atoms with Gasteiger partial charge < -0.3 is 14.8 Å². The molecule has 0 aliphatic rings. The average molecular weight is 515 g/mol. The van der Waals surface area contributed by atoms with Crippen molar-refractivity contribution in [3.8, 4) is 11.5 Å². The van der Waals surface area contributed by atoms with Gasteiger partial charge in [0.05, 0.1) is 17.5 Å². The molecule has 1 atom stereocenters. The molecule has 0 aliphatic heterocycles. The van der Waals surface area contributed by atoms with Crippen LogP contribution in [-0.2, 0) is 14.8 Å². The Labute approximate surface area is 211 Å². The normalized spacial score (nSPS) is 12.0. The van der Waals surface area contributed by atoms with Gasteiger partial charge in [-0.2, -0.15) is 0 Å². The lowest BCUT2D eigenvalue weighted by atomic mass is 10.1. The first-order valence-corrected chi connectivity index (χ1v) is 13.8. The van der Waals surface area contributed by atoms with E-state index in [1.807, 2.05) is 44.4 Å². The van der Waals surface area contributed by atoms with Crippen molar-refractivity contribution in [2.24, 2.45) is 0 Å². The van der Waals surface area contributed by atoms with Gasteiger partial charge in [-0.1, -0.05) is 12.1 Å². The molecule has 9 heteroatoms. The summed E-state index contributed by atoms with van der Waals surface area (Å²) in [6.45, 7) is 5.88. The maximum absolute atomic E-state index is 12.8. The Morgan fingerprint density at radius 3 is 2.29 bits per heavy atom. The van der Waals surface area contributed by atoms with Crippen molar-refractivity contribution in [1.29, 1.82) is 0 Å². The van der Waals surface area contributed by atoms with E-state index < -0.39 is 10.0 Å². The lowest BCUT2D eigenvalue weighted by molar-refractivity contribution is -0.123. The van der Waals surface area contributed by atoms with E-state index >= 15 is 0 Å². The number of ether oxygens (including phenoxy) is 2. The average Bonchev–Trinajstić information content (AvgIpc) is 2.84. The first-order chi connectivity index (χ1) is 16.7. The summed E-state index contributed by atoms with van der Waals surface area (Å²) in [6.07, 6.45) is 2.01. The van der Waals surface area contributed by atoms with Gasteiger partial charge in [-0.15, -0.1) is 11.8 Å². The summed E-state index contributed by atoms with van der Waals surface area (Å²) in [7, 11) is -3.79. The standard InChI is InChI=1S/C26H30N2O5S2/c1-5-32-22-10-8-21(9-11-22)28-35(30,31)24-14-15-25(18(2)16-24)33-17-26(29)27-19(3)20-6-12-23(34-4)13-7-20/h6-16,19,28H,5,17H2,1-4H3,(H,27,29)/t19-/m1/s1. The number of hydrogen-bond donors (Lipinski definition) is 2. The molecule has 0 heterocycles. The number of aryl methyl sites for hydroxylation is 1. The number of amides is 1. The van der Waals surface area contributed by atoms with Crippen LogP contribution in [0.4, 0.5) is 5.69 Å². The SMILES string of the molecule is CCOc1ccc(NS(=O)(=O)c2ccc(OCC(=O)N[C@H](C)c3ccc(SC)cc3)c(C)c2)cc1. The number of hydrogen-bond acceptors (Lipinski definition) is 6. The van der Waals surface area contributed by atoms with E-state index in [2.05, 4.69) is 10.0 Å². The zero-order valence-electron chi connectivity index (χ0n) is 20.2. The monoisotopic (exact) mass is 514 g/mol. The number of carbonyl (C=O) groups is 1. The molecule has 35 heavy (non-hydrogen) atoms. The Morgan fingerprint density at radius 2 is 1.69 bits per heavy atom. The summed E-state index contributed by atoms with van der Waals surface area (Å²) in [5, 5.41) is 2.91. The predicted molar refractivity (Wildman–Crippen MR) is 140 cm³/mol. The van der Waals surface area contributed by atoms with Crippen LogP contribution in [0.1, 0.15) is 31.0 Å². The largest absolute Gasteiger partial charge is 0.494 e. The quantitative estimate of drug-likeness (QED) is 0.343. The van der Waals surface area contributed by atoms with E-state index in [9.17, 15) is 13.2 Å². The Kier molecular flexibility index (Phi) is 9.06. The highest BCUT2D eigenvalue weighted by atomic mass is 32.2. The number of sulfonamides is 1. The van der Waals surface area contributed by atoms with E-state index in [1.54, 1.807) is 49.0 Å². The maximum atomic E-state index is 12.8. The van der Waals surface area contributed by atoms with Crippen molar-refractivity contribution in [3.05, 3.63) is 77.9 Å². The molecule has 186 valence electrons. The first kappa shape index (κ1) is 26.4. The van der Waals surface area contributed by atoms with E-state index in [4.69, 9.17) is 9.47 Å². The van der Waals surface area contributed by atoms with Crippen molar-refractivity contribution in [1.82, 2.24) is 5.32 Å². The first-order valence-electron chi connectivity index (χ1n) is 11.1. The third-order valence-electron chi connectivity index (χ3n) is 5.23. The van der Waals surface area contributed by atoms with E-state index in [0.29, 0.717) is 29.4 Å². The van der Waals surface area contributed by atoms with Crippen molar-refractivity contribution in [2.75, 3.05) is 24.2 Å². The predicted octanol–water partition coefficient (Wildman–Crippen LogP) is 5.17. The van der Waals surface area contributed by atoms with Crippen molar-refractivity contribution < 1.29 is 22.7 Å². The molecule has 3 aromatic rings. The fraction of sp³-hybridized carbons (Fsp3) is 0.269. The smallest absolute Gasteiger partial charge is 0.261 e. The Bertz CT molecular complexity index is 1240. The van der Waals surface area contributed by atoms with Crippen LogP contribution in [0.3, 0.4) is 0 Å². The van der Waals surface area contributed by atoms with Gasteiger partial charge in [-0.05, 0) is 92.8 Å². The minimum Gasteiger partial charge on any atom is -0.494 e. The Hall–Kier alpha value is -3.17. The fourth-order valence-corrected chi connectivity index (χ4v) is 4.90. The van der Waals surface area contributed by atoms with Gasteiger partial charge in [0.1, 0.15) is 11.5 Å². The molecule has 0 saturated carbocycles. The second-order valence-electron chi connectivity index (χ2n) is 7.84. The molecule has 1 amide bonds. The molecule has 0 unspecified atom stereocenters. The molecule has 3 aromatic carbocycles. The van der Waals surface area contributed by atoms with Crippen LogP contribution in [0.25, 0.3) is 0 Å². The minimum atomic E-state index is -3.79. The molecular weight excluding hydrogens is 484 g/mol. The van der Waals surface area contributed by atoms with Gasteiger partial charge >= 0.3 is 0 Å². The number of anilines is 1. The van der Waals surface area contributed by atoms with Crippen molar-refractivity contribution in [3.63, 3.8) is 0 Å². The third kappa shape index (κ3) is 7.40. The molecule has 2 N–H and O–H groups in total. The molecular formula is C26H30N2O5S2. The Morgan fingerprint density at radius 1 is 1.00 bits per heavy atom. The number of carbonyl (C=O) groups excluding carboxylic acids is 1. The molecule has 0 aromatic heterocycles. The van der Waals surface area contributed by atoms with Gasteiger partial charge in [0.2, 0.25) is 0 Å². The second-order valence-corrected chi connectivity index (χ2v) is 10.4. The van der Waals surface area contributed by atoms with Crippen molar-refractivity contribution >= 4 is 33.4 Å². The molecule has 7 nitrogen and oxygen atoms in total. The summed E-state index contributed by atoms with van der Waals surface area (Å²) < 4.78 is 39.2. The zero-order valence-corrected chi connectivity index (χ0v) is 21.8. The zero-order chi connectivity index (χ0) is 25.4. The summed E-state index contributed by atoms with van der Waals surface area (Å²) >= 11 is 1.66. The topological polar surface area (TPSA) is 93.7 Å². The second kappa shape index (κ2) is 12.0. The van der Waals surface area contributed by atoms with Crippen molar-refractivity contribution in [2.45, 2.75) is 36.6 Å². The van der Waals surface area contributed by atoms with Crippen LogP contribution in [0.5, 0.6) is 11.5 Å². The van der Waals surface area contributed by atoms with Gasteiger partial charge in [0.25, 0.3) is 15.9 Å². The number of benzene rings is 3. The molecule has 3 rings (SSSR count). The molecule has 0 fully saturated rings. The van der Waals surface area contributed by atoms with E-state index in [1.165, 1.54) is 12.1 Å². The lowest BCUT2D eigenvalue weighted by Gasteiger charge is -2.16. The highest BCUT2D eigenvalue weighted by Gasteiger charge is 2.17.